The van der Waals surface area contributed by atoms with E-state index in [1.165, 1.54) is 6.07 Å². The van der Waals surface area contributed by atoms with Crippen LogP contribution in [0.3, 0.4) is 0 Å². The van der Waals surface area contributed by atoms with Crippen molar-refractivity contribution in [3.05, 3.63) is 27.7 Å². The number of likely N-dealkylation sites (N-methyl/N-ethyl adjacent to an activating group) is 1. The Bertz CT molecular complexity index is 363. The molecular formula is C10H12BrNO2. The zero-order valence-electron chi connectivity index (χ0n) is 8.10. The Balaban J connectivity index is 3.09. The fourth-order valence-corrected chi connectivity index (χ4v) is 1.68. The molecule has 4 heteroatoms. The van der Waals surface area contributed by atoms with Gasteiger partial charge in [-0.3, -0.25) is 4.79 Å². The van der Waals surface area contributed by atoms with Crippen LogP contribution in [0, 0.1) is 6.92 Å². The number of phenolic OH excluding ortho intramolecular Hbond substituents is 1. The molecule has 0 unspecified atom stereocenters. The minimum atomic E-state index is -0.0206. The molecule has 0 aliphatic heterocycles. The fourth-order valence-electron chi connectivity index (χ4n) is 1.22. The highest BCUT2D eigenvalue weighted by Crippen LogP contribution is 2.27. The van der Waals surface area contributed by atoms with Crippen molar-refractivity contribution in [2.45, 2.75) is 6.92 Å². The number of aromatic hydroxyl groups is 1. The van der Waals surface area contributed by atoms with E-state index in [0.717, 1.165) is 5.56 Å². The molecule has 0 bridgehead atoms. The standard InChI is InChI=1S/C10H12BrNO2/c1-6-3-8(11)9(13)4-7(6)10(14)5-12-2/h3-4,12-13H,5H2,1-2H3. The lowest BCUT2D eigenvalue weighted by molar-refractivity contribution is 0.0992. The molecule has 0 saturated heterocycles. The first-order valence-electron chi connectivity index (χ1n) is 4.23. The maximum absolute atomic E-state index is 11.5. The second-order valence-electron chi connectivity index (χ2n) is 3.07. The van der Waals surface area contributed by atoms with E-state index >= 15 is 0 Å². The summed E-state index contributed by atoms with van der Waals surface area (Å²) in [5.74, 6) is 0.0721. The van der Waals surface area contributed by atoms with Crippen molar-refractivity contribution in [3.63, 3.8) is 0 Å². The van der Waals surface area contributed by atoms with Crippen LogP contribution < -0.4 is 5.32 Å². The number of hydrogen-bond acceptors (Lipinski definition) is 3. The van der Waals surface area contributed by atoms with Gasteiger partial charge in [-0.05, 0) is 47.6 Å². The van der Waals surface area contributed by atoms with Gasteiger partial charge in [-0.25, -0.2) is 0 Å². The van der Waals surface area contributed by atoms with Gasteiger partial charge in [0.25, 0.3) is 0 Å². The summed E-state index contributed by atoms with van der Waals surface area (Å²) in [5, 5.41) is 12.2. The zero-order valence-corrected chi connectivity index (χ0v) is 9.68. The van der Waals surface area contributed by atoms with Gasteiger partial charge in [0.05, 0.1) is 11.0 Å². The molecule has 0 aromatic heterocycles. The maximum Gasteiger partial charge on any atom is 0.176 e. The van der Waals surface area contributed by atoms with Crippen LogP contribution in [-0.4, -0.2) is 24.5 Å². The molecule has 2 N–H and O–H groups in total. The van der Waals surface area contributed by atoms with Gasteiger partial charge in [-0.1, -0.05) is 0 Å². The number of carbonyl (C=O) groups excluding carboxylic acids is 1. The number of carbonyl (C=O) groups is 1. The number of halogens is 1. The van der Waals surface area contributed by atoms with Crippen molar-refractivity contribution < 1.29 is 9.90 Å². The van der Waals surface area contributed by atoms with E-state index in [9.17, 15) is 9.90 Å². The minimum absolute atomic E-state index is 0.0206. The summed E-state index contributed by atoms with van der Waals surface area (Å²) in [6.07, 6.45) is 0. The summed E-state index contributed by atoms with van der Waals surface area (Å²) < 4.78 is 0.607. The van der Waals surface area contributed by atoms with Gasteiger partial charge in [-0.2, -0.15) is 0 Å². The predicted octanol–water partition coefficient (Wildman–Crippen LogP) is 1.87. The normalized spacial score (nSPS) is 10.2. The molecule has 0 radical (unpaired) electrons. The van der Waals surface area contributed by atoms with E-state index < -0.39 is 0 Å². The summed E-state index contributed by atoms with van der Waals surface area (Å²) in [7, 11) is 1.71. The quantitative estimate of drug-likeness (QED) is 0.813. The third kappa shape index (κ3) is 2.33. The molecular weight excluding hydrogens is 246 g/mol. The molecule has 1 rings (SSSR count). The molecule has 0 atom stereocenters. The first-order chi connectivity index (χ1) is 6.56. The summed E-state index contributed by atoms with van der Waals surface area (Å²) in [6.45, 7) is 2.12. The van der Waals surface area contributed by atoms with E-state index in [4.69, 9.17) is 0 Å². The second kappa shape index (κ2) is 4.57. The largest absolute Gasteiger partial charge is 0.507 e. The topological polar surface area (TPSA) is 49.3 Å². The number of benzene rings is 1. The Morgan fingerprint density at radius 2 is 2.21 bits per heavy atom. The van der Waals surface area contributed by atoms with Crippen LogP contribution in [0.15, 0.2) is 16.6 Å². The Kier molecular flexibility index (Phi) is 3.66. The maximum atomic E-state index is 11.5. The van der Waals surface area contributed by atoms with E-state index in [1.54, 1.807) is 13.1 Å². The first-order valence-corrected chi connectivity index (χ1v) is 5.02. The summed E-state index contributed by atoms with van der Waals surface area (Å²) in [5.41, 5.74) is 1.41. The Morgan fingerprint density at radius 1 is 1.57 bits per heavy atom. The number of phenols is 1. The molecule has 0 aliphatic rings. The number of ketones is 1. The van der Waals surface area contributed by atoms with Gasteiger partial charge in [0.15, 0.2) is 5.78 Å². The van der Waals surface area contributed by atoms with Crippen LogP contribution in [0.5, 0.6) is 5.75 Å². The lowest BCUT2D eigenvalue weighted by Crippen LogP contribution is -2.19. The van der Waals surface area contributed by atoms with Crippen LogP contribution >= 0.6 is 15.9 Å². The SMILES string of the molecule is CNCC(=O)c1cc(O)c(Br)cc1C. The van der Waals surface area contributed by atoms with Gasteiger partial charge >= 0.3 is 0 Å². The predicted molar refractivity (Wildman–Crippen MR) is 58.8 cm³/mol. The smallest absolute Gasteiger partial charge is 0.176 e. The third-order valence-corrected chi connectivity index (χ3v) is 2.57. The van der Waals surface area contributed by atoms with Crippen molar-refractivity contribution in [1.82, 2.24) is 5.32 Å². The number of rotatable bonds is 3. The zero-order chi connectivity index (χ0) is 10.7. The summed E-state index contributed by atoms with van der Waals surface area (Å²) in [6, 6.07) is 3.22. The molecule has 76 valence electrons. The molecule has 0 saturated carbocycles. The number of aryl methyl sites for hydroxylation is 1. The van der Waals surface area contributed by atoms with E-state index in [1.807, 2.05) is 6.92 Å². The summed E-state index contributed by atoms with van der Waals surface area (Å²) >= 11 is 3.19. The van der Waals surface area contributed by atoms with Crippen LogP contribution in [-0.2, 0) is 0 Å². The van der Waals surface area contributed by atoms with Gasteiger partial charge in [0.2, 0.25) is 0 Å². The van der Waals surface area contributed by atoms with Crippen molar-refractivity contribution in [2.24, 2.45) is 0 Å². The third-order valence-electron chi connectivity index (χ3n) is 1.93. The monoisotopic (exact) mass is 257 g/mol. The molecule has 0 amide bonds. The van der Waals surface area contributed by atoms with Crippen LogP contribution in [0.4, 0.5) is 0 Å². The first kappa shape index (κ1) is 11.2. The number of nitrogens with one attached hydrogen (secondary N) is 1. The Morgan fingerprint density at radius 3 is 2.79 bits per heavy atom. The lowest BCUT2D eigenvalue weighted by atomic mass is 10.0. The van der Waals surface area contributed by atoms with Crippen molar-refractivity contribution in [2.75, 3.05) is 13.6 Å². The average molecular weight is 258 g/mol. The Hall–Kier alpha value is -0.870. The molecule has 0 fully saturated rings. The van der Waals surface area contributed by atoms with E-state index in [0.29, 0.717) is 10.0 Å². The second-order valence-corrected chi connectivity index (χ2v) is 3.93. The highest BCUT2D eigenvalue weighted by molar-refractivity contribution is 9.10. The molecule has 1 aromatic rings. The molecule has 14 heavy (non-hydrogen) atoms. The lowest BCUT2D eigenvalue weighted by Gasteiger charge is -2.06. The highest BCUT2D eigenvalue weighted by Gasteiger charge is 2.10. The molecule has 0 heterocycles. The number of Topliss-reactive ketones (excluding diaryl/α,β-unsaturated/α-hetero) is 1. The van der Waals surface area contributed by atoms with Crippen LogP contribution in [0.1, 0.15) is 15.9 Å². The van der Waals surface area contributed by atoms with Crippen LogP contribution in [0.2, 0.25) is 0 Å². The van der Waals surface area contributed by atoms with Crippen molar-refractivity contribution in [1.29, 1.82) is 0 Å². The molecule has 3 nitrogen and oxygen atoms in total. The Labute approximate surface area is 91.3 Å². The van der Waals surface area contributed by atoms with Crippen molar-refractivity contribution in [3.8, 4) is 5.75 Å². The van der Waals surface area contributed by atoms with E-state index in [2.05, 4.69) is 21.2 Å². The van der Waals surface area contributed by atoms with Gasteiger partial charge in [0.1, 0.15) is 5.75 Å². The van der Waals surface area contributed by atoms with Gasteiger partial charge < -0.3 is 10.4 Å². The van der Waals surface area contributed by atoms with Crippen molar-refractivity contribution >= 4 is 21.7 Å². The molecule has 0 spiro atoms. The highest BCUT2D eigenvalue weighted by atomic mass is 79.9. The van der Waals surface area contributed by atoms with Gasteiger partial charge in [-0.15, -0.1) is 0 Å². The molecule has 1 aromatic carbocycles. The average Bonchev–Trinajstić information content (AvgIpc) is 2.11. The number of hydrogen-bond donors (Lipinski definition) is 2. The van der Waals surface area contributed by atoms with E-state index in [-0.39, 0.29) is 18.1 Å². The molecule has 0 aliphatic carbocycles. The van der Waals surface area contributed by atoms with Gasteiger partial charge in [0, 0.05) is 5.56 Å². The van der Waals surface area contributed by atoms with Crippen LogP contribution in [0.25, 0.3) is 0 Å². The summed E-state index contributed by atoms with van der Waals surface area (Å²) in [4.78, 5) is 11.5. The minimum Gasteiger partial charge on any atom is -0.507 e. The fraction of sp³-hybridized carbons (Fsp3) is 0.300.